The Labute approximate surface area is 91.7 Å². The van der Waals surface area contributed by atoms with Crippen molar-refractivity contribution in [3.05, 3.63) is 28.8 Å². The number of benzene rings is 1. The van der Waals surface area contributed by atoms with Gasteiger partial charge in [-0.1, -0.05) is 0 Å². The van der Waals surface area contributed by atoms with Crippen LogP contribution in [0, 0.1) is 25.2 Å². The molecule has 1 rings (SSSR count). The molecule has 0 radical (unpaired) electrons. The average molecular weight is 228 g/mol. The van der Waals surface area contributed by atoms with E-state index in [0.717, 1.165) is 0 Å². The standard InChI is InChI=1S/C10H10BF3NO/c1-7-3-9(5-15)4-8(2)10(7)16-6-11(12,13)14/h3-4H,6H2,1-2H3/q-1. The van der Waals surface area contributed by atoms with E-state index in [9.17, 15) is 12.9 Å². The van der Waals surface area contributed by atoms with Crippen molar-refractivity contribution in [2.75, 3.05) is 6.51 Å². The molecular formula is C10H10BF3NO-. The molecule has 6 heteroatoms. The Hall–Kier alpha value is -1.64. The van der Waals surface area contributed by atoms with E-state index in [-0.39, 0.29) is 5.75 Å². The predicted octanol–water partition coefficient (Wildman–Crippen LogP) is 2.94. The van der Waals surface area contributed by atoms with Crippen molar-refractivity contribution in [3.8, 4) is 11.8 Å². The molecule has 0 atom stereocenters. The highest BCUT2D eigenvalue weighted by Gasteiger charge is 2.24. The second-order valence-electron chi connectivity index (χ2n) is 3.57. The van der Waals surface area contributed by atoms with Gasteiger partial charge in [0.25, 0.3) is 0 Å². The molecular weight excluding hydrogens is 218 g/mol. The van der Waals surface area contributed by atoms with Crippen molar-refractivity contribution in [2.45, 2.75) is 13.8 Å². The minimum Gasteiger partial charge on any atom is -0.521 e. The van der Waals surface area contributed by atoms with Crippen molar-refractivity contribution in [1.82, 2.24) is 0 Å². The maximum Gasteiger partial charge on any atom is 0.515 e. The number of ether oxygens (including phenoxy) is 1. The Balaban J connectivity index is 2.94. The van der Waals surface area contributed by atoms with Crippen LogP contribution in [0.2, 0.25) is 0 Å². The molecule has 0 aliphatic carbocycles. The number of aryl methyl sites for hydroxylation is 2. The predicted molar refractivity (Wildman–Crippen MR) is 55.2 cm³/mol. The first-order valence-electron chi connectivity index (χ1n) is 4.68. The molecule has 0 N–H and O–H groups in total. The summed E-state index contributed by atoms with van der Waals surface area (Å²) < 4.78 is 40.8. The summed E-state index contributed by atoms with van der Waals surface area (Å²) in [5, 5.41) is 8.67. The number of rotatable bonds is 3. The highest BCUT2D eigenvalue weighted by Crippen LogP contribution is 2.25. The monoisotopic (exact) mass is 228 g/mol. The van der Waals surface area contributed by atoms with Crippen LogP contribution in [0.25, 0.3) is 0 Å². The van der Waals surface area contributed by atoms with Crippen LogP contribution in [0.1, 0.15) is 16.7 Å². The molecule has 0 heterocycles. The lowest BCUT2D eigenvalue weighted by Gasteiger charge is -2.18. The van der Waals surface area contributed by atoms with Gasteiger partial charge in [0.2, 0.25) is 0 Å². The molecule has 0 aliphatic rings. The van der Waals surface area contributed by atoms with Gasteiger partial charge in [-0.2, -0.15) is 5.26 Å². The molecule has 0 spiro atoms. The van der Waals surface area contributed by atoms with Crippen LogP contribution in [0.15, 0.2) is 12.1 Å². The van der Waals surface area contributed by atoms with Crippen molar-refractivity contribution in [1.29, 1.82) is 5.26 Å². The topological polar surface area (TPSA) is 33.0 Å². The van der Waals surface area contributed by atoms with Gasteiger partial charge < -0.3 is 17.7 Å². The van der Waals surface area contributed by atoms with E-state index in [1.54, 1.807) is 13.8 Å². The van der Waals surface area contributed by atoms with Gasteiger partial charge in [0.1, 0.15) is 5.75 Å². The van der Waals surface area contributed by atoms with E-state index in [0.29, 0.717) is 16.7 Å². The van der Waals surface area contributed by atoms with Gasteiger partial charge in [0, 0.05) is 0 Å². The molecule has 16 heavy (non-hydrogen) atoms. The smallest absolute Gasteiger partial charge is 0.515 e. The fourth-order valence-corrected chi connectivity index (χ4v) is 1.42. The summed E-state index contributed by atoms with van der Waals surface area (Å²) in [6.07, 6.45) is 0. The number of halogens is 3. The Bertz CT molecular complexity index is 414. The summed E-state index contributed by atoms with van der Waals surface area (Å²) in [6.45, 7) is -2.98. The van der Waals surface area contributed by atoms with Gasteiger partial charge in [-0.25, -0.2) is 0 Å². The van der Waals surface area contributed by atoms with Gasteiger partial charge in [-0.3, -0.25) is 0 Å². The van der Waals surface area contributed by atoms with Gasteiger partial charge in [0.05, 0.1) is 18.1 Å². The Morgan fingerprint density at radius 1 is 1.25 bits per heavy atom. The van der Waals surface area contributed by atoms with Crippen molar-refractivity contribution < 1.29 is 17.7 Å². The van der Waals surface area contributed by atoms with Crippen LogP contribution in [-0.4, -0.2) is 13.5 Å². The SMILES string of the molecule is Cc1cc(C#N)cc(C)c1OC[B-](F)(F)F. The summed E-state index contributed by atoms with van der Waals surface area (Å²) in [7, 11) is 0. The first kappa shape index (κ1) is 12.4. The van der Waals surface area contributed by atoms with E-state index in [1.807, 2.05) is 6.07 Å². The minimum atomic E-state index is -4.96. The first-order valence-corrected chi connectivity index (χ1v) is 4.68. The Morgan fingerprint density at radius 2 is 1.75 bits per heavy atom. The molecule has 0 aliphatic heterocycles. The molecule has 0 saturated carbocycles. The van der Waals surface area contributed by atoms with Crippen molar-refractivity contribution in [2.24, 2.45) is 0 Å². The van der Waals surface area contributed by atoms with Crippen molar-refractivity contribution in [3.63, 3.8) is 0 Å². The third kappa shape index (κ3) is 3.19. The first-order chi connectivity index (χ1) is 7.33. The lowest BCUT2D eigenvalue weighted by molar-refractivity contribution is 0.310. The summed E-state index contributed by atoms with van der Waals surface area (Å²) in [5.41, 5.74) is 1.49. The zero-order valence-corrected chi connectivity index (χ0v) is 8.93. The number of hydrogen-bond acceptors (Lipinski definition) is 2. The van der Waals surface area contributed by atoms with Crippen LogP contribution in [0.3, 0.4) is 0 Å². The second kappa shape index (κ2) is 4.48. The highest BCUT2D eigenvalue weighted by atomic mass is 19.4. The molecule has 86 valence electrons. The van der Waals surface area contributed by atoms with Gasteiger partial charge >= 0.3 is 6.98 Å². The van der Waals surface area contributed by atoms with Gasteiger partial charge in [0.15, 0.2) is 0 Å². The lowest BCUT2D eigenvalue weighted by Crippen LogP contribution is -2.26. The summed E-state index contributed by atoms with van der Waals surface area (Å²) in [5.74, 6) is 0.207. The van der Waals surface area contributed by atoms with E-state index in [4.69, 9.17) is 10.00 Å². The zero-order chi connectivity index (χ0) is 12.3. The molecule has 1 aromatic rings. The molecule has 0 saturated heterocycles. The second-order valence-corrected chi connectivity index (χ2v) is 3.57. The third-order valence-corrected chi connectivity index (χ3v) is 2.01. The van der Waals surface area contributed by atoms with E-state index in [2.05, 4.69) is 0 Å². The van der Waals surface area contributed by atoms with Crippen LogP contribution < -0.4 is 4.74 Å². The molecule has 0 bridgehead atoms. The normalized spacial score (nSPS) is 11.0. The van der Waals surface area contributed by atoms with Crippen LogP contribution in [0.4, 0.5) is 12.9 Å². The van der Waals surface area contributed by atoms with Crippen molar-refractivity contribution >= 4 is 6.98 Å². The van der Waals surface area contributed by atoms with Gasteiger partial charge in [-0.05, 0) is 37.1 Å². The summed E-state index contributed by atoms with van der Waals surface area (Å²) in [6, 6.07) is 4.95. The zero-order valence-electron chi connectivity index (χ0n) is 8.93. The van der Waals surface area contributed by atoms with Gasteiger partial charge in [-0.15, -0.1) is 0 Å². The minimum absolute atomic E-state index is 0.207. The number of nitrogens with zero attached hydrogens (tertiary/aromatic N) is 1. The maximum atomic E-state index is 12.0. The Morgan fingerprint density at radius 3 is 2.12 bits per heavy atom. The van der Waals surface area contributed by atoms with E-state index in [1.165, 1.54) is 12.1 Å². The fourth-order valence-electron chi connectivity index (χ4n) is 1.42. The average Bonchev–Trinajstić information content (AvgIpc) is 2.14. The number of nitriles is 1. The quantitative estimate of drug-likeness (QED) is 0.745. The number of hydrogen-bond donors (Lipinski definition) is 0. The van der Waals surface area contributed by atoms with Crippen LogP contribution >= 0.6 is 0 Å². The Kier molecular flexibility index (Phi) is 3.48. The molecule has 0 amide bonds. The fraction of sp³-hybridized carbons (Fsp3) is 0.300. The summed E-state index contributed by atoms with van der Waals surface area (Å²) in [4.78, 5) is 0. The maximum absolute atomic E-state index is 12.0. The molecule has 0 unspecified atom stereocenters. The highest BCUT2D eigenvalue weighted by molar-refractivity contribution is 6.58. The van der Waals surface area contributed by atoms with E-state index < -0.39 is 13.5 Å². The molecule has 2 nitrogen and oxygen atoms in total. The molecule has 0 aromatic heterocycles. The third-order valence-electron chi connectivity index (χ3n) is 2.01. The largest absolute Gasteiger partial charge is 0.521 e. The van der Waals surface area contributed by atoms with Crippen LogP contribution in [-0.2, 0) is 0 Å². The molecule has 0 fully saturated rings. The lowest BCUT2D eigenvalue weighted by atomic mass is 9.94. The van der Waals surface area contributed by atoms with Crippen LogP contribution in [0.5, 0.6) is 5.75 Å². The molecule has 1 aromatic carbocycles. The summed E-state index contributed by atoms with van der Waals surface area (Å²) >= 11 is 0. The van der Waals surface area contributed by atoms with E-state index >= 15 is 0 Å².